The minimum Gasteiger partial charge on any atom is -0.493 e. The van der Waals surface area contributed by atoms with Gasteiger partial charge >= 0.3 is 0 Å². The number of ether oxygens (including phenoxy) is 2. The van der Waals surface area contributed by atoms with Crippen LogP contribution in [0.2, 0.25) is 0 Å². The van der Waals surface area contributed by atoms with Crippen molar-refractivity contribution in [2.75, 3.05) is 7.11 Å². The summed E-state index contributed by atoms with van der Waals surface area (Å²) in [6.45, 7) is 0.247. The molecule has 0 amide bonds. The summed E-state index contributed by atoms with van der Waals surface area (Å²) in [6.07, 6.45) is 1.36. The molecule has 0 bridgehead atoms. The third kappa shape index (κ3) is 5.80. The zero-order valence-electron chi connectivity index (χ0n) is 15.9. The molecule has 0 aliphatic rings. The van der Waals surface area contributed by atoms with Gasteiger partial charge in [-0.25, -0.2) is 9.22 Å². The average molecular weight is 493 g/mol. The fraction of sp³-hybridized carbons (Fsp3) is 0.0952. The number of benzene rings is 3. The van der Waals surface area contributed by atoms with Crippen LogP contribution in [-0.2, 0) is 16.6 Å². The van der Waals surface area contributed by atoms with Gasteiger partial charge in [-0.05, 0) is 65.7 Å². The maximum Gasteiger partial charge on any atom is 0.276 e. The molecular formula is C21H18BrFN2O4S. The largest absolute Gasteiger partial charge is 0.493 e. The highest BCUT2D eigenvalue weighted by molar-refractivity contribution is 9.10. The topological polar surface area (TPSA) is 77.0 Å². The minimum absolute atomic E-state index is 0.102. The van der Waals surface area contributed by atoms with E-state index in [9.17, 15) is 12.8 Å². The Morgan fingerprint density at radius 2 is 1.73 bits per heavy atom. The minimum atomic E-state index is -3.76. The van der Waals surface area contributed by atoms with E-state index in [0.717, 1.165) is 10.0 Å². The van der Waals surface area contributed by atoms with Crippen molar-refractivity contribution >= 4 is 32.2 Å². The van der Waals surface area contributed by atoms with Crippen LogP contribution in [0.3, 0.4) is 0 Å². The van der Waals surface area contributed by atoms with Gasteiger partial charge in [-0.1, -0.05) is 28.1 Å². The molecule has 0 heterocycles. The second kappa shape index (κ2) is 9.73. The van der Waals surface area contributed by atoms with Crippen molar-refractivity contribution in [1.29, 1.82) is 0 Å². The Labute approximate surface area is 182 Å². The summed E-state index contributed by atoms with van der Waals surface area (Å²) in [6, 6.07) is 17.3. The van der Waals surface area contributed by atoms with Crippen molar-refractivity contribution in [1.82, 2.24) is 4.83 Å². The highest BCUT2D eigenvalue weighted by atomic mass is 79.9. The van der Waals surface area contributed by atoms with Gasteiger partial charge in [0, 0.05) is 4.47 Å². The lowest BCUT2D eigenvalue weighted by molar-refractivity contribution is 0.284. The number of hydrazone groups is 1. The van der Waals surface area contributed by atoms with Crippen LogP contribution in [0, 0.1) is 5.82 Å². The molecule has 0 aromatic heterocycles. The van der Waals surface area contributed by atoms with Gasteiger partial charge in [0.2, 0.25) is 0 Å². The molecule has 0 saturated carbocycles. The SMILES string of the molecule is COc1cc(/C=N/NS(=O)(=O)c2ccc(Br)cc2)ccc1OCc1ccc(F)cc1. The number of halogens is 2. The molecule has 0 fully saturated rings. The van der Waals surface area contributed by atoms with E-state index in [4.69, 9.17) is 9.47 Å². The van der Waals surface area contributed by atoms with Crippen molar-refractivity contribution < 1.29 is 22.3 Å². The zero-order valence-corrected chi connectivity index (χ0v) is 18.3. The number of methoxy groups -OCH3 is 1. The molecule has 0 aliphatic carbocycles. The van der Waals surface area contributed by atoms with Crippen LogP contribution < -0.4 is 14.3 Å². The third-order valence-electron chi connectivity index (χ3n) is 4.01. The maximum absolute atomic E-state index is 13.0. The zero-order chi connectivity index (χ0) is 21.6. The third-order valence-corrected chi connectivity index (χ3v) is 5.77. The Bertz CT molecular complexity index is 1130. The summed E-state index contributed by atoms with van der Waals surface area (Å²) in [5, 5.41) is 3.81. The summed E-state index contributed by atoms with van der Waals surface area (Å²) in [5.74, 6) is 0.641. The lowest BCUT2D eigenvalue weighted by atomic mass is 10.2. The first-order valence-electron chi connectivity index (χ1n) is 8.73. The molecule has 0 radical (unpaired) electrons. The average Bonchev–Trinajstić information content (AvgIpc) is 2.74. The molecule has 6 nitrogen and oxygen atoms in total. The molecule has 3 rings (SSSR count). The van der Waals surface area contributed by atoms with Crippen LogP contribution in [0.15, 0.2) is 81.2 Å². The van der Waals surface area contributed by atoms with Gasteiger partial charge in [0.05, 0.1) is 18.2 Å². The van der Waals surface area contributed by atoms with Crippen LogP contribution >= 0.6 is 15.9 Å². The van der Waals surface area contributed by atoms with Gasteiger partial charge in [0.25, 0.3) is 10.0 Å². The molecule has 3 aromatic rings. The maximum atomic E-state index is 13.0. The Morgan fingerprint density at radius 1 is 1.03 bits per heavy atom. The number of rotatable bonds is 8. The van der Waals surface area contributed by atoms with E-state index in [0.29, 0.717) is 17.1 Å². The molecule has 0 spiro atoms. The monoisotopic (exact) mass is 492 g/mol. The second-order valence-corrected chi connectivity index (χ2v) is 8.71. The van der Waals surface area contributed by atoms with Crippen molar-refractivity contribution in [3.8, 4) is 11.5 Å². The van der Waals surface area contributed by atoms with E-state index in [-0.39, 0.29) is 17.3 Å². The molecule has 9 heteroatoms. The Balaban J connectivity index is 1.66. The Kier molecular flexibility index (Phi) is 7.07. The first kappa shape index (κ1) is 21.8. The smallest absolute Gasteiger partial charge is 0.276 e. The summed E-state index contributed by atoms with van der Waals surface area (Å²) in [4.78, 5) is 2.27. The summed E-state index contributed by atoms with van der Waals surface area (Å²) < 4.78 is 49.3. The van der Waals surface area contributed by atoms with Crippen molar-refractivity contribution in [3.05, 3.63) is 88.1 Å². The Morgan fingerprint density at radius 3 is 2.40 bits per heavy atom. The number of nitrogens with one attached hydrogen (secondary N) is 1. The molecule has 0 aliphatic heterocycles. The molecule has 3 aromatic carbocycles. The first-order chi connectivity index (χ1) is 14.4. The second-order valence-electron chi connectivity index (χ2n) is 6.13. The highest BCUT2D eigenvalue weighted by Crippen LogP contribution is 2.28. The summed E-state index contributed by atoms with van der Waals surface area (Å²) >= 11 is 3.26. The molecule has 0 unspecified atom stereocenters. The molecule has 30 heavy (non-hydrogen) atoms. The number of hydrogen-bond acceptors (Lipinski definition) is 5. The van der Waals surface area contributed by atoms with Gasteiger partial charge in [0.15, 0.2) is 11.5 Å². The number of nitrogens with zero attached hydrogens (tertiary/aromatic N) is 1. The standard InChI is InChI=1S/C21H18BrFN2O4S/c1-28-21-12-16(4-11-20(21)29-14-15-2-7-18(23)8-3-15)13-24-25-30(26,27)19-9-5-17(22)6-10-19/h2-13,25H,14H2,1H3/b24-13+. The molecule has 0 saturated heterocycles. The number of hydrogen-bond donors (Lipinski definition) is 1. The van der Waals surface area contributed by atoms with Crippen LogP contribution in [-0.4, -0.2) is 21.7 Å². The van der Waals surface area contributed by atoms with Crippen molar-refractivity contribution in [2.24, 2.45) is 5.10 Å². The highest BCUT2D eigenvalue weighted by Gasteiger charge is 2.12. The fourth-order valence-electron chi connectivity index (χ4n) is 2.46. The van der Waals surface area contributed by atoms with Crippen LogP contribution in [0.1, 0.15) is 11.1 Å². The molecule has 0 atom stereocenters. The number of sulfonamides is 1. The normalized spacial score (nSPS) is 11.4. The van der Waals surface area contributed by atoms with Crippen LogP contribution in [0.25, 0.3) is 0 Å². The van der Waals surface area contributed by atoms with E-state index >= 15 is 0 Å². The molecular weight excluding hydrogens is 475 g/mol. The van der Waals surface area contributed by atoms with Gasteiger partial charge < -0.3 is 9.47 Å². The van der Waals surface area contributed by atoms with Crippen molar-refractivity contribution in [3.63, 3.8) is 0 Å². The van der Waals surface area contributed by atoms with Gasteiger partial charge in [-0.15, -0.1) is 0 Å². The van der Waals surface area contributed by atoms with Gasteiger partial charge in [-0.2, -0.15) is 13.5 Å². The van der Waals surface area contributed by atoms with Gasteiger partial charge in [0.1, 0.15) is 12.4 Å². The summed E-state index contributed by atoms with van der Waals surface area (Å²) in [7, 11) is -2.27. The Hall–Kier alpha value is -2.91. The molecule has 1 N–H and O–H groups in total. The van der Waals surface area contributed by atoms with Crippen LogP contribution in [0.4, 0.5) is 4.39 Å². The predicted octanol–water partition coefficient (Wildman–Crippen LogP) is 4.49. The van der Waals surface area contributed by atoms with E-state index in [1.807, 2.05) is 0 Å². The quantitative estimate of drug-likeness (QED) is 0.371. The van der Waals surface area contributed by atoms with Gasteiger partial charge in [-0.3, -0.25) is 0 Å². The van der Waals surface area contributed by atoms with E-state index in [1.54, 1.807) is 42.5 Å². The van der Waals surface area contributed by atoms with E-state index in [1.165, 1.54) is 37.6 Å². The van der Waals surface area contributed by atoms with Crippen LogP contribution in [0.5, 0.6) is 11.5 Å². The lowest BCUT2D eigenvalue weighted by Gasteiger charge is -2.11. The fourth-order valence-corrected chi connectivity index (χ4v) is 3.52. The first-order valence-corrected chi connectivity index (χ1v) is 11.0. The lowest BCUT2D eigenvalue weighted by Crippen LogP contribution is -2.18. The van der Waals surface area contributed by atoms with E-state index in [2.05, 4.69) is 25.9 Å². The van der Waals surface area contributed by atoms with Crippen molar-refractivity contribution in [2.45, 2.75) is 11.5 Å². The summed E-state index contributed by atoms with van der Waals surface area (Å²) in [5.41, 5.74) is 1.42. The van der Waals surface area contributed by atoms with E-state index < -0.39 is 10.0 Å². The predicted molar refractivity (Wildman–Crippen MR) is 116 cm³/mol. The molecule has 156 valence electrons.